The Kier molecular flexibility index (Phi) is 3.68. The van der Waals surface area contributed by atoms with Gasteiger partial charge in [0.2, 0.25) is 0 Å². The Bertz CT molecular complexity index is 382. The van der Waals surface area contributed by atoms with E-state index in [-0.39, 0.29) is 11.6 Å². The Balaban J connectivity index is 1.85. The van der Waals surface area contributed by atoms with Gasteiger partial charge >= 0.3 is 5.97 Å². The zero-order chi connectivity index (χ0) is 14.3. The highest BCUT2D eigenvalue weighted by molar-refractivity contribution is 5.87. The number of carbonyl (C=O) groups excluding carboxylic acids is 1. The van der Waals surface area contributed by atoms with Crippen molar-refractivity contribution in [3.63, 3.8) is 0 Å². The predicted octanol–water partition coefficient (Wildman–Crippen LogP) is 4.49. The molecule has 0 aliphatic heterocycles. The van der Waals surface area contributed by atoms with E-state index in [0.29, 0.717) is 17.4 Å². The zero-order valence-corrected chi connectivity index (χ0v) is 13.0. The summed E-state index contributed by atoms with van der Waals surface area (Å²) in [6.45, 7) is 7.77. The highest BCUT2D eigenvalue weighted by atomic mass is 16.6. The van der Waals surface area contributed by atoms with Crippen LogP contribution in [0.2, 0.25) is 0 Å². The highest BCUT2D eigenvalue weighted by Gasteiger charge is 2.58. The van der Waals surface area contributed by atoms with Gasteiger partial charge in [-0.15, -0.1) is 0 Å². The minimum Gasteiger partial charge on any atom is -0.455 e. The summed E-state index contributed by atoms with van der Waals surface area (Å²) in [6, 6.07) is 0. The van der Waals surface area contributed by atoms with Crippen molar-refractivity contribution < 1.29 is 9.53 Å². The van der Waals surface area contributed by atoms with Gasteiger partial charge in [0.05, 0.1) is 0 Å². The van der Waals surface area contributed by atoms with Crippen molar-refractivity contribution in [2.45, 2.75) is 70.8 Å². The predicted molar refractivity (Wildman–Crippen MR) is 80.2 cm³/mol. The maximum absolute atomic E-state index is 12.2. The summed E-state index contributed by atoms with van der Waals surface area (Å²) < 4.78 is 6.14. The Morgan fingerprint density at radius 3 is 2.15 bits per heavy atom. The lowest BCUT2D eigenvalue weighted by molar-refractivity contribution is -0.209. The molecule has 0 saturated heterocycles. The lowest BCUT2D eigenvalue weighted by Crippen LogP contribution is -2.59. The third-order valence-corrected chi connectivity index (χ3v) is 6.07. The highest BCUT2D eigenvalue weighted by Crippen LogP contribution is 2.61. The van der Waals surface area contributed by atoms with E-state index in [1.165, 1.54) is 44.9 Å². The molecule has 0 radical (unpaired) electrons. The molecule has 112 valence electrons. The van der Waals surface area contributed by atoms with Crippen molar-refractivity contribution in [3.8, 4) is 0 Å². The average molecular weight is 276 g/mol. The molecule has 0 aromatic rings. The largest absolute Gasteiger partial charge is 0.455 e. The molecule has 4 aliphatic rings. The fourth-order valence-corrected chi connectivity index (χ4v) is 5.32. The van der Waals surface area contributed by atoms with Crippen LogP contribution in [0.1, 0.15) is 65.2 Å². The van der Waals surface area contributed by atoms with Gasteiger partial charge in [0, 0.05) is 5.57 Å². The van der Waals surface area contributed by atoms with E-state index in [1.54, 1.807) is 6.92 Å². The van der Waals surface area contributed by atoms with Gasteiger partial charge in [-0.2, -0.15) is 0 Å². The average Bonchev–Trinajstić information content (AvgIpc) is 2.40. The van der Waals surface area contributed by atoms with Crippen molar-refractivity contribution in [3.05, 3.63) is 12.2 Å². The first-order valence-corrected chi connectivity index (χ1v) is 8.44. The minimum absolute atomic E-state index is 0.153. The molecule has 4 bridgehead atoms. The fraction of sp³-hybridized carbons (Fsp3) is 0.833. The number of ether oxygens (including phenoxy) is 1. The quantitative estimate of drug-likeness (QED) is 0.546. The first-order chi connectivity index (χ1) is 9.55. The summed E-state index contributed by atoms with van der Waals surface area (Å²) in [5, 5.41) is 0. The molecule has 4 rings (SSSR count). The third kappa shape index (κ3) is 2.21. The molecule has 0 amide bonds. The number of carbonyl (C=O) groups is 1. The van der Waals surface area contributed by atoms with Crippen LogP contribution in [0.4, 0.5) is 0 Å². The van der Waals surface area contributed by atoms with E-state index in [2.05, 4.69) is 13.5 Å². The molecule has 0 spiro atoms. The molecule has 0 aromatic heterocycles. The van der Waals surface area contributed by atoms with Gasteiger partial charge in [-0.3, -0.25) is 0 Å². The van der Waals surface area contributed by atoms with Crippen LogP contribution in [0.25, 0.3) is 0 Å². The maximum atomic E-state index is 12.2. The number of hydrogen-bond donors (Lipinski definition) is 0. The molecule has 4 aliphatic carbocycles. The van der Waals surface area contributed by atoms with E-state index in [0.717, 1.165) is 18.3 Å². The van der Waals surface area contributed by atoms with E-state index in [9.17, 15) is 4.79 Å². The number of rotatable bonds is 5. The summed E-state index contributed by atoms with van der Waals surface area (Å²) >= 11 is 0. The van der Waals surface area contributed by atoms with E-state index >= 15 is 0 Å². The van der Waals surface area contributed by atoms with Gasteiger partial charge in [0.1, 0.15) is 5.60 Å². The number of esters is 1. The van der Waals surface area contributed by atoms with Gasteiger partial charge < -0.3 is 4.74 Å². The van der Waals surface area contributed by atoms with Crippen LogP contribution < -0.4 is 0 Å². The SMILES string of the molecule is C=C(C)C(=O)OC1(CCCC)C2CC3CC(C2)CC1C3. The molecule has 4 fully saturated rings. The second-order valence-corrected chi connectivity index (χ2v) is 7.53. The van der Waals surface area contributed by atoms with Crippen molar-refractivity contribution in [2.24, 2.45) is 23.7 Å². The smallest absolute Gasteiger partial charge is 0.333 e. The molecule has 20 heavy (non-hydrogen) atoms. The number of hydrogen-bond acceptors (Lipinski definition) is 2. The molecule has 0 atom stereocenters. The van der Waals surface area contributed by atoms with E-state index in [4.69, 9.17) is 4.74 Å². The molecule has 2 nitrogen and oxygen atoms in total. The van der Waals surface area contributed by atoms with Crippen molar-refractivity contribution in [1.82, 2.24) is 0 Å². The number of unbranched alkanes of at least 4 members (excludes halogenated alkanes) is 1. The molecule has 0 N–H and O–H groups in total. The monoisotopic (exact) mass is 276 g/mol. The topological polar surface area (TPSA) is 26.3 Å². The van der Waals surface area contributed by atoms with Crippen molar-refractivity contribution in [2.75, 3.05) is 0 Å². The maximum Gasteiger partial charge on any atom is 0.333 e. The van der Waals surface area contributed by atoms with Gasteiger partial charge in [-0.1, -0.05) is 19.9 Å². The lowest BCUT2D eigenvalue weighted by Gasteiger charge is -2.60. The Hall–Kier alpha value is -0.790. The first kappa shape index (κ1) is 14.2. The van der Waals surface area contributed by atoms with Crippen LogP contribution >= 0.6 is 0 Å². The Morgan fingerprint density at radius 2 is 1.70 bits per heavy atom. The Labute approximate surface area is 123 Å². The van der Waals surface area contributed by atoms with Crippen LogP contribution in [0.5, 0.6) is 0 Å². The molecular formula is C18H28O2. The van der Waals surface area contributed by atoms with Crippen LogP contribution in [0.3, 0.4) is 0 Å². The van der Waals surface area contributed by atoms with Gasteiger partial charge in [-0.05, 0) is 75.5 Å². The van der Waals surface area contributed by atoms with Gasteiger partial charge in [0.15, 0.2) is 0 Å². The summed E-state index contributed by atoms with van der Waals surface area (Å²) in [7, 11) is 0. The van der Waals surface area contributed by atoms with Gasteiger partial charge in [-0.25, -0.2) is 4.79 Å². The minimum atomic E-state index is -0.159. The van der Waals surface area contributed by atoms with E-state index < -0.39 is 0 Å². The summed E-state index contributed by atoms with van der Waals surface area (Å²) in [5.41, 5.74) is 0.397. The second kappa shape index (κ2) is 5.20. The molecule has 2 heteroatoms. The van der Waals surface area contributed by atoms with Crippen molar-refractivity contribution in [1.29, 1.82) is 0 Å². The van der Waals surface area contributed by atoms with Crippen LogP contribution in [0, 0.1) is 23.7 Å². The summed E-state index contributed by atoms with van der Waals surface area (Å²) in [5.74, 6) is 2.90. The molecule has 4 saturated carbocycles. The first-order valence-electron chi connectivity index (χ1n) is 8.44. The van der Waals surface area contributed by atoms with Crippen molar-refractivity contribution >= 4 is 5.97 Å². The third-order valence-electron chi connectivity index (χ3n) is 6.07. The second-order valence-electron chi connectivity index (χ2n) is 7.53. The van der Waals surface area contributed by atoms with Crippen LogP contribution in [-0.2, 0) is 9.53 Å². The van der Waals surface area contributed by atoms with Crippen LogP contribution in [0.15, 0.2) is 12.2 Å². The normalized spacial score (nSPS) is 41.7. The van der Waals surface area contributed by atoms with Crippen LogP contribution in [-0.4, -0.2) is 11.6 Å². The molecule has 0 unspecified atom stereocenters. The molecular weight excluding hydrogens is 248 g/mol. The summed E-state index contributed by atoms with van der Waals surface area (Å²) in [4.78, 5) is 12.2. The van der Waals surface area contributed by atoms with Gasteiger partial charge in [0.25, 0.3) is 0 Å². The lowest BCUT2D eigenvalue weighted by atomic mass is 9.49. The zero-order valence-electron chi connectivity index (χ0n) is 13.0. The Morgan fingerprint density at radius 1 is 1.15 bits per heavy atom. The molecule has 0 aromatic carbocycles. The van der Waals surface area contributed by atoms with E-state index in [1.807, 2.05) is 0 Å². The summed E-state index contributed by atoms with van der Waals surface area (Å²) in [6.07, 6.45) is 10.0. The molecule has 0 heterocycles. The standard InChI is InChI=1S/C18H28O2/c1-4-5-6-18(20-17(19)12(2)3)15-8-13-7-14(10-15)11-16(18)9-13/h13-16H,2,4-11H2,1,3H3. The fourth-order valence-electron chi connectivity index (χ4n) is 5.32.